The Morgan fingerprint density at radius 2 is 2.09 bits per heavy atom. The highest BCUT2D eigenvalue weighted by Crippen LogP contribution is 2.26. The molecular formula is C13H14N4O3S2. The SMILES string of the molecule is COc1ccc(C)cc1S(=O)(=O)Nc1nc2scc(C)n2n1. The molecule has 0 unspecified atom stereocenters. The van der Waals surface area contributed by atoms with Crippen molar-refractivity contribution in [2.75, 3.05) is 11.8 Å². The second kappa shape index (κ2) is 5.25. The molecule has 3 rings (SSSR count). The highest BCUT2D eigenvalue weighted by atomic mass is 32.2. The summed E-state index contributed by atoms with van der Waals surface area (Å²) in [6.07, 6.45) is 0. The molecule has 0 aliphatic carbocycles. The van der Waals surface area contributed by atoms with Gasteiger partial charge in [-0.25, -0.2) is 17.7 Å². The average Bonchev–Trinajstić information content (AvgIpc) is 3.00. The van der Waals surface area contributed by atoms with Gasteiger partial charge in [-0.15, -0.1) is 16.4 Å². The van der Waals surface area contributed by atoms with E-state index in [1.54, 1.807) is 22.7 Å². The van der Waals surface area contributed by atoms with E-state index in [9.17, 15) is 8.42 Å². The first-order valence-electron chi connectivity index (χ1n) is 6.39. The van der Waals surface area contributed by atoms with Crippen LogP contribution in [0.3, 0.4) is 0 Å². The van der Waals surface area contributed by atoms with Crippen molar-refractivity contribution in [2.45, 2.75) is 18.7 Å². The van der Waals surface area contributed by atoms with Crippen molar-refractivity contribution in [3.05, 3.63) is 34.8 Å². The summed E-state index contributed by atoms with van der Waals surface area (Å²) < 4.78 is 34.2. The van der Waals surface area contributed by atoms with Gasteiger partial charge in [0.15, 0.2) is 0 Å². The summed E-state index contributed by atoms with van der Waals surface area (Å²) in [6.45, 7) is 3.69. The Labute approximate surface area is 131 Å². The van der Waals surface area contributed by atoms with Crippen LogP contribution in [-0.4, -0.2) is 30.1 Å². The fraction of sp³-hybridized carbons (Fsp3) is 0.231. The molecule has 3 aromatic rings. The van der Waals surface area contributed by atoms with E-state index >= 15 is 0 Å². The van der Waals surface area contributed by atoms with Crippen LogP contribution in [0.1, 0.15) is 11.3 Å². The highest BCUT2D eigenvalue weighted by molar-refractivity contribution is 7.92. The van der Waals surface area contributed by atoms with Crippen molar-refractivity contribution in [1.82, 2.24) is 14.6 Å². The lowest BCUT2D eigenvalue weighted by Crippen LogP contribution is -2.15. The number of anilines is 1. The number of nitrogens with one attached hydrogen (secondary N) is 1. The summed E-state index contributed by atoms with van der Waals surface area (Å²) >= 11 is 1.40. The van der Waals surface area contributed by atoms with Gasteiger partial charge in [-0.2, -0.15) is 4.98 Å². The number of nitrogens with zero attached hydrogens (tertiary/aromatic N) is 3. The molecule has 0 radical (unpaired) electrons. The van der Waals surface area contributed by atoms with Crippen molar-refractivity contribution < 1.29 is 13.2 Å². The summed E-state index contributed by atoms with van der Waals surface area (Å²) in [5.74, 6) is 0.314. The van der Waals surface area contributed by atoms with Gasteiger partial charge in [0.1, 0.15) is 10.6 Å². The third-order valence-corrected chi connectivity index (χ3v) is 5.36. The molecule has 0 atom stereocenters. The summed E-state index contributed by atoms with van der Waals surface area (Å²) in [5, 5.41) is 6.05. The third kappa shape index (κ3) is 2.53. The smallest absolute Gasteiger partial charge is 0.267 e. The Balaban J connectivity index is 2.01. The maximum absolute atomic E-state index is 12.5. The maximum atomic E-state index is 12.5. The molecule has 0 saturated heterocycles. The summed E-state index contributed by atoms with van der Waals surface area (Å²) in [7, 11) is -2.40. The molecule has 0 aliphatic rings. The molecule has 7 nitrogen and oxygen atoms in total. The minimum Gasteiger partial charge on any atom is -0.495 e. The maximum Gasteiger partial charge on any atom is 0.267 e. The molecule has 2 heterocycles. The normalized spacial score (nSPS) is 11.8. The van der Waals surface area contributed by atoms with Gasteiger partial charge in [0, 0.05) is 5.38 Å². The van der Waals surface area contributed by atoms with Gasteiger partial charge >= 0.3 is 0 Å². The van der Waals surface area contributed by atoms with Gasteiger partial charge in [0.25, 0.3) is 16.0 Å². The minimum atomic E-state index is -3.83. The second-order valence-corrected chi connectivity index (χ2v) is 7.25. The first kappa shape index (κ1) is 14.8. The quantitative estimate of drug-likeness (QED) is 0.788. The number of hydrogen-bond acceptors (Lipinski definition) is 6. The number of fused-ring (bicyclic) bond motifs is 1. The number of rotatable bonds is 4. The molecule has 22 heavy (non-hydrogen) atoms. The fourth-order valence-electron chi connectivity index (χ4n) is 2.00. The molecule has 0 bridgehead atoms. The molecule has 0 spiro atoms. The van der Waals surface area contributed by atoms with E-state index in [1.807, 2.05) is 19.2 Å². The van der Waals surface area contributed by atoms with Crippen molar-refractivity contribution >= 4 is 32.3 Å². The number of benzene rings is 1. The zero-order valence-corrected chi connectivity index (χ0v) is 13.8. The average molecular weight is 338 g/mol. The minimum absolute atomic E-state index is 0.0403. The lowest BCUT2D eigenvalue weighted by atomic mass is 10.2. The number of methoxy groups -OCH3 is 1. The Hall–Kier alpha value is -2.13. The molecule has 0 saturated carbocycles. The Morgan fingerprint density at radius 3 is 2.77 bits per heavy atom. The van der Waals surface area contributed by atoms with Crippen molar-refractivity contribution in [3.63, 3.8) is 0 Å². The molecule has 0 amide bonds. The van der Waals surface area contributed by atoms with Gasteiger partial charge < -0.3 is 4.74 Å². The van der Waals surface area contributed by atoms with E-state index in [2.05, 4.69) is 14.8 Å². The Morgan fingerprint density at radius 1 is 1.32 bits per heavy atom. The third-order valence-electron chi connectivity index (χ3n) is 3.08. The molecular weight excluding hydrogens is 324 g/mol. The number of aryl methyl sites for hydroxylation is 2. The largest absolute Gasteiger partial charge is 0.495 e. The first-order valence-corrected chi connectivity index (χ1v) is 8.75. The standard InChI is InChI=1S/C13H14N4O3S2/c1-8-4-5-10(20-3)11(6-8)22(18,19)16-12-14-13-17(15-12)9(2)7-21-13/h4-7H,1-3H3,(H,15,16). The lowest BCUT2D eigenvalue weighted by Gasteiger charge is -2.10. The van der Waals surface area contributed by atoms with E-state index < -0.39 is 10.0 Å². The van der Waals surface area contributed by atoms with Crippen LogP contribution >= 0.6 is 11.3 Å². The molecule has 116 valence electrons. The summed E-state index contributed by atoms with van der Waals surface area (Å²) in [6, 6.07) is 4.95. The predicted octanol–water partition coefficient (Wildman–Crippen LogP) is 2.22. The van der Waals surface area contributed by atoms with Crippen LogP contribution in [0.25, 0.3) is 4.96 Å². The second-order valence-electron chi connectivity index (χ2n) is 4.77. The topological polar surface area (TPSA) is 85.6 Å². The molecule has 1 aromatic carbocycles. The van der Waals surface area contributed by atoms with Gasteiger partial charge in [-0.1, -0.05) is 6.07 Å². The van der Waals surface area contributed by atoms with Crippen LogP contribution in [0, 0.1) is 13.8 Å². The van der Waals surface area contributed by atoms with Crippen molar-refractivity contribution in [1.29, 1.82) is 0 Å². The Bertz CT molecular complexity index is 944. The Kier molecular flexibility index (Phi) is 3.53. The van der Waals surface area contributed by atoms with E-state index in [4.69, 9.17) is 4.74 Å². The predicted molar refractivity (Wildman–Crippen MR) is 84.1 cm³/mol. The number of ether oxygens (including phenoxy) is 1. The number of aromatic nitrogens is 3. The van der Waals surface area contributed by atoms with Crippen LogP contribution in [-0.2, 0) is 10.0 Å². The van der Waals surface area contributed by atoms with E-state index in [-0.39, 0.29) is 16.6 Å². The number of hydrogen-bond donors (Lipinski definition) is 1. The zero-order valence-electron chi connectivity index (χ0n) is 12.2. The lowest BCUT2D eigenvalue weighted by molar-refractivity contribution is 0.402. The molecule has 0 fully saturated rings. The fourth-order valence-corrected chi connectivity index (χ4v) is 4.00. The molecule has 1 N–H and O–H groups in total. The van der Waals surface area contributed by atoms with E-state index in [0.717, 1.165) is 11.3 Å². The van der Waals surface area contributed by atoms with E-state index in [0.29, 0.717) is 4.96 Å². The van der Waals surface area contributed by atoms with Crippen molar-refractivity contribution in [2.24, 2.45) is 0 Å². The highest BCUT2D eigenvalue weighted by Gasteiger charge is 2.22. The van der Waals surface area contributed by atoms with Crippen LogP contribution in [0.15, 0.2) is 28.5 Å². The van der Waals surface area contributed by atoms with Crippen LogP contribution in [0.2, 0.25) is 0 Å². The van der Waals surface area contributed by atoms with Gasteiger partial charge in [0.2, 0.25) is 4.96 Å². The van der Waals surface area contributed by atoms with Gasteiger partial charge in [-0.3, -0.25) is 0 Å². The van der Waals surface area contributed by atoms with Crippen LogP contribution in [0.5, 0.6) is 5.75 Å². The van der Waals surface area contributed by atoms with Crippen LogP contribution < -0.4 is 9.46 Å². The molecule has 0 aliphatic heterocycles. The first-order chi connectivity index (χ1) is 10.4. The number of thiazole rings is 1. The van der Waals surface area contributed by atoms with E-state index in [1.165, 1.54) is 18.4 Å². The van der Waals surface area contributed by atoms with Crippen LogP contribution in [0.4, 0.5) is 5.95 Å². The molecule has 9 heteroatoms. The summed E-state index contributed by atoms with van der Waals surface area (Å²) in [5.41, 5.74) is 1.71. The van der Waals surface area contributed by atoms with Gasteiger partial charge in [0.05, 0.1) is 12.8 Å². The monoisotopic (exact) mass is 338 g/mol. The zero-order chi connectivity index (χ0) is 15.9. The van der Waals surface area contributed by atoms with Crippen molar-refractivity contribution in [3.8, 4) is 5.75 Å². The van der Waals surface area contributed by atoms with Gasteiger partial charge in [-0.05, 0) is 31.5 Å². The summed E-state index contributed by atoms with van der Waals surface area (Å²) in [4.78, 5) is 4.85. The molecule has 2 aromatic heterocycles. The number of sulfonamides is 1.